The lowest BCUT2D eigenvalue weighted by atomic mass is 10.1. The van der Waals surface area contributed by atoms with Crippen molar-refractivity contribution in [3.8, 4) is 5.75 Å². The van der Waals surface area contributed by atoms with Gasteiger partial charge in [-0.1, -0.05) is 0 Å². The normalized spacial score (nSPS) is 19.5. The highest BCUT2D eigenvalue weighted by atomic mass is 19.1. The Hall–Kier alpha value is -1.62. The van der Waals surface area contributed by atoms with Crippen LogP contribution in [0.2, 0.25) is 0 Å². The highest BCUT2D eigenvalue weighted by Gasteiger charge is 2.18. The number of primary amides is 1. The van der Waals surface area contributed by atoms with Crippen LogP contribution in [0.3, 0.4) is 0 Å². The van der Waals surface area contributed by atoms with Crippen LogP contribution < -0.4 is 15.8 Å². The van der Waals surface area contributed by atoms with Crippen LogP contribution in [0.15, 0.2) is 12.1 Å². The van der Waals surface area contributed by atoms with E-state index in [2.05, 4.69) is 5.32 Å². The molecule has 4 nitrogen and oxygen atoms in total. The van der Waals surface area contributed by atoms with Gasteiger partial charge in [0.2, 0.25) is 5.91 Å². The number of carbonyl (C=O) groups excluding carboxylic acids is 1. The van der Waals surface area contributed by atoms with Crippen molar-refractivity contribution >= 4 is 5.91 Å². The summed E-state index contributed by atoms with van der Waals surface area (Å²) in [4.78, 5) is 11.0. The number of hydrogen-bond acceptors (Lipinski definition) is 3. The van der Waals surface area contributed by atoms with Gasteiger partial charge in [0.25, 0.3) is 0 Å². The zero-order valence-corrected chi connectivity index (χ0v) is 8.92. The molecule has 1 aliphatic rings. The fourth-order valence-electron chi connectivity index (χ4n) is 1.60. The van der Waals surface area contributed by atoms with Gasteiger partial charge >= 0.3 is 0 Å². The van der Waals surface area contributed by atoms with Crippen molar-refractivity contribution in [2.24, 2.45) is 5.73 Å². The zero-order chi connectivity index (χ0) is 11.7. The fraction of sp³-hybridized carbons (Fsp3) is 0.364. The van der Waals surface area contributed by atoms with E-state index in [0.717, 1.165) is 6.07 Å². The predicted octanol–water partition coefficient (Wildman–Crippen LogP) is 0.795. The van der Waals surface area contributed by atoms with E-state index in [4.69, 9.17) is 10.5 Å². The van der Waals surface area contributed by atoms with E-state index in [0.29, 0.717) is 24.5 Å². The van der Waals surface area contributed by atoms with Gasteiger partial charge in [-0.3, -0.25) is 4.79 Å². The molecule has 1 heterocycles. The van der Waals surface area contributed by atoms with Crippen LogP contribution in [0.1, 0.15) is 22.8 Å². The molecule has 1 aromatic carbocycles. The third kappa shape index (κ3) is 1.99. The molecule has 1 atom stereocenters. The van der Waals surface area contributed by atoms with Gasteiger partial charge in [0, 0.05) is 23.7 Å². The minimum atomic E-state index is -0.657. The lowest BCUT2D eigenvalue weighted by Crippen LogP contribution is -2.28. The molecule has 5 heteroatoms. The molecule has 86 valence electrons. The van der Waals surface area contributed by atoms with Crippen molar-refractivity contribution in [2.75, 3.05) is 6.61 Å². The summed E-state index contributed by atoms with van der Waals surface area (Å²) in [7, 11) is 0. The monoisotopic (exact) mass is 224 g/mol. The molecule has 0 radical (unpaired) electrons. The summed E-state index contributed by atoms with van der Waals surface area (Å²) >= 11 is 0. The lowest BCUT2D eigenvalue weighted by molar-refractivity contribution is 0.0999. The quantitative estimate of drug-likeness (QED) is 0.741. The number of halogens is 1. The van der Waals surface area contributed by atoms with Crippen molar-refractivity contribution in [2.45, 2.75) is 19.5 Å². The van der Waals surface area contributed by atoms with E-state index in [1.807, 2.05) is 6.92 Å². The number of carbonyl (C=O) groups is 1. The smallest absolute Gasteiger partial charge is 0.248 e. The van der Waals surface area contributed by atoms with Crippen LogP contribution in [0.4, 0.5) is 4.39 Å². The number of amides is 1. The summed E-state index contributed by atoms with van der Waals surface area (Å²) < 4.78 is 19.1. The highest BCUT2D eigenvalue weighted by molar-refractivity contribution is 5.93. The second kappa shape index (κ2) is 4.09. The van der Waals surface area contributed by atoms with E-state index in [-0.39, 0.29) is 11.6 Å². The van der Waals surface area contributed by atoms with Gasteiger partial charge in [-0.25, -0.2) is 4.39 Å². The first-order chi connectivity index (χ1) is 7.58. The molecule has 0 unspecified atom stereocenters. The molecule has 0 aliphatic carbocycles. The molecule has 0 saturated heterocycles. The van der Waals surface area contributed by atoms with Gasteiger partial charge in [0.15, 0.2) is 0 Å². The molecule has 0 aromatic heterocycles. The number of benzene rings is 1. The first-order valence-corrected chi connectivity index (χ1v) is 5.06. The van der Waals surface area contributed by atoms with Crippen LogP contribution in [0.5, 0.6) is 5.75 Å². The number of hydrogen-bond donors (Lipinski definition) is 2. The molecule has 3 N–H and O–H groups in total. The van der Waals surface area contributed by atoms with Gasteiger partial charge in [0.05, 0.1) is 0 Å². The van der Waals surface area contributed by atoms with Crippen molar-refractivity contribution < 1.29 is 13.9 Å². The van der Waals surface area contributed by atoms with Crippen LogP contribution in [0, 0.1) is 5.82 Å². The Morgan fingerprint density at radius 1 is 1.62 bits per heavy atom. The Labute approximate surface area is 92.6 Å². The van der Waals surface area contributed by atoms with Crippen LogP contribution >= 0.6 is 0 Å². The summed E-state index contributed by atoms with van der Waals surface area (Å²) in [5, 5.41) is 3.11. The Morgan fingerprint density at radius 2 is 2.38 bits per heavy atom. The molecule has 0 spiro atoms. The summed E-state index contributed by atoms with van der Waals surface area (Å²) in [5.41, 5.74) is 5.67. The van der Waals surface area contributed by atoms with Gasteiger partial charge < -0.3 is 15.8 Å². The summed E-state index contributed by atoms with van der Waals surface area (Å²) in [5.74, 6) is -0.728. The minimum absolute atomic E-state index is 0.130. The molecule has 1 amide bonds. The molecule has 16 heavy (non-hydrogen) atoms. The summed E-state index contributed by atoms with van der Waals surface area (Å²) in [6, 6.07) is 2.77. The average Bonchev–Trinajstić information content (AvgIpc) is 2.41. The molecule has 1 aliphatic heterocycles. The second-order valence-corrected chi connectivity index (χ2v) is 3.89. The van der Waals surface area contributed by atoms with Gasteiger partial charge in [0.1, 0.15) is 18.2 Å². The Morgan fingerprint density at radius 3 is 3.06 bits per heavy atom. The number of ether oxygens (including phenoxy) is 1. The zero-order valence-electron chi connectivity index (χ0n) is 8.92. The number of nitrogens with one attached hydrogen (secondary N) is 1. The highest BCUT2D eigenvalue weighted by Crippen LogP contribution is 2.25. The number of rotatable bonds is 1. The summed E-state index contributed by atoms with van der Waals surface area (Å²) in [6.45, 7) is 2.77. The molecule has 0 bridgehead atoms. The maximum absolute atomic E-state index is 13.7. The largest absolute Gasteiger partial charge is 0.492 e. The topological polar surface area (TPSA) is 64.3 Å². The van der Waals surface area contributed by atoms with Crippen LogP contribution in [-0.4, -0.2) is 18.6 Å². The first kappa shape index (κ1) is 10.9. The van der Waals surface area contributed by atoms with Crippen molar-refractivity contribution in [3.63, 3.8) is 0 Å². The van der Waals surface area contributed by atoms with Gasteiger partial charge in [-0.15, -0.1) is 0 Å². The van der Waals surface area contributed by atoms with E-state index in [1.54, 1.807) is 0 Å². The average molecular weight is 224 g/mol. The van der Waals surface area contributed by atoms with Gasteiger partial charge in [-0.05, 0) is 19.1 Å². The Balaban J connectivity index is 2.43. The van der Waals surface area contributed by atoms with Gasteiger partial charge in [-0.2, -0.15) is 0 Å². The van der Waals surface area contributed by atoms with Crippen molar-refractivity contribution in [3.05, 3.63) is 29.1 Å². The summed E-state index contributed by atoms with van der Waals surface area (Å²) in [6.07, 6.45) is 0. The van der Waals surface area contributed by atoms with E-state index in [9.17, 15) is 9.18 Å². The standard InChI is InChI=1S/C11H13FN2O2/c1-6-5-16-10-3-7(11(13)15)2-9(12)8(10)4-14-6/h2-3,6,14H,4-5H2,1H3,(H2,13,15)/t6-/m0/s1. The molecule has 1 aromatic rings. The minimum Gasteiger partial charge on any atom is -0.492 e. The lowest BCUT2D eigenvalue weighted by Gasteiger charge is -2.09. The maximum Gasteiger partial charge on any atom is 0.248 e. The second-order valence-electron chi connectivity index (χ2n) is 3.89. The first-order valence-electron chi connectivity index (χ1n) is 5.06. The molecular weight excluding hydrogens is 211 g/mol. The van der Waals surface area contributed by atoms with E-state index in [1.165, 1.54) is 6.07 Å². The van der Waals surface area contributed by atoms with E-state index < -0.39 is 11.7 Å². The molecule has 0 fully saturated rings. The fourth-order valence-corrected chi connectivity index (χ4v) is 1.60. The molecule has 2 rings (SSSR count). The Kier molecular flexibility index (Phi) is 2.78. The van der Waals surface area contributed by atoms with Crippen molar-refractivity contribution in [1.82, 2.24) is 5.32 Å². The van der Waals surface area contributed by atoms with Crippen molar-refractivity contribution in [1.29, 1.82) is 0 Å². The number of fused-ring (bicyclic) bond motifs is 1. The Bertz CT molecular complexity index is 434. The third-order valence-corrected chi connectivity index (χ3v) is 2.56. The molecular formula is C11H13FN2O2. The van der Waals surface area contributed by atoms with Crippen LogP contribution in [-0.2, 0) is 6.54 Å². The maximum atomic E-state index is 13.7. The number of nitrogens with two attached hydrogens (primary N) is 1. The third-order valence-electron chi connectivity index (χ3n) is 2.56. The van der Waals surface area contributed by atoms with Crippen LogP contribution in [0.25, 0.3) is 0 Å². The molecule has 0 saturated carbocycles. The van der Waals surface area contributed by atoms with E-state index >= 15 is 0 Å². The SMILES string of the molecule is C[C@H]1COc2cc(C(N)=O)cc(F)c2CN1. The predicted molar refractivity (Wildman–Crippen MR) is 56.7 cm³/mol.